The first-order valence-corrected chi connectivity index (χ1v) is 6.91. The molecule has 0 fully saturated rings. The maximum Gasteiger partial charge on any atom is 0.117 e. The molecular weight excluding hydrogens is 254 g/mol. The minimum absolute atomic E-state index is 0.460. The predicted molar refractivity (Wildman–Crippen MR) is 73.1 cm³/mol. The fourth-order valence-corrected chi connectivity index (χ4v) is 2.47. The number of benzene rings is 1. The third kappa shape index (κ3) is 3.80. The number of hydrogen-bond acceptors (Lipinski definition) is 3. The molecule has 0 atom stereocenters. The number of rotatable bonds is 5. The van der Waals surface area contributed by atoms with E-state index in [1.54, 1.807) is 0 Å². The zero-order valence-corrected chi connectivity index (χ0v) is 10.9. The molecule has 0 saturated carbocycles. The van der Waals surface area contributed by atoms with Crippen molar-refractivity contribution in [2.75, 3.05) is 0 Å². The summed E-state index contributed by atoms with van der Waals surface area (Å²) in [5.74, 6) is 3.63. The van der Waals surface area contributed by atoms with Gasteiger partial charge >= 0.3 is 0 Å². The van der Waals surface area contributed by atoms with Crippen LogP contribution in [0.2, 0.25) is 5.02 Å². The van der Waals surface area contributed by atoms with E-state index >= 15 is 0 Å². The van der Waals surface area contributed by atoms with E-state index in [0.29, 0.717) is 6.54 Å². The molecular formula is C13H14ClNOS. The van der Waals surface area contributed by atoms with Crippen LogP contribution >= 0.6 is 23.4 Å². The molecule has 2 aromatic rings. The van der Waals surface area contributed by atoms with Crippen LogP contribution < -0.4 is 5.73 Å². The molecule has 2 nitrogen and oxygen atoms in total. The number of hydrogen-bond donors (Lipinski definition) is 1. The van der Waals surface area contributed by atoms with Gasteiger partial charge in [0.15, 0.2) is 0 Å². The van der Waals surface area contributed by atoms with Gasteiger partial charge in [0.2, 0.25) is 0 Å². The number of halogens is 1. The Morgan fingerprint density at radius 1 is 1.00 bits per heavy atom. The summed E-state index contributed by atoms with van der Waals surface area (Å²) in [5.41, 5.74) is 6.75. The van der Waals surface area contributed by atoms with Crippen LogP contribution in [0.3, 0.4) is 0 Å². The molecule has 1 aromatic heterocycles. The second-order valence-corrected chi connectivity index (χ2v) is 5.11. The Hall–Kier alpha value is -0.900. The molecule has 2 N–H and O–H groups in total. The summed E-state index contributed by atoms with van der Waals surface area (Å²) in [5, 5.41) is 0.775. The lowest BCUT2D eigenvalue weighted by Crippen LogP contribution is -1.92. The molecule has 4 heteroatoms. The average Bonchev–Trinajstić information content (AvgIpc) is 2.80. The minimum Gasteiger partial charge on any atom is -0.464 e. The Morgan fingerprint density at radius 3 is 2.35 bits per heavy atom. The summed E-state index contributed by atoms with van der Waals surface area (Å²) in [6, 6.07) is 11.8. The van der Waals surface area contributed by atoms with Crippen LogP contribution in [-0.4, -0.2) is 0 Å². The smallest absolute Gasteiger partial charge is 0.117 e. The van der Waals surface area contributed by atoms with Gasteiger partial charge < -0.3 is 10.2 Å². The SMILES string of the molecule is NCc1ccc(CSCc2ccc(Cl)cc2)o1. The fourth-order valence-electron chi connectivity index (χ4n) is 1.46. The molecule has 2 rings (SSSR count). The molecule has 0 amide bonds. The van der Waals surface area contributed by atoms with Gasteiger partial charge in [-0.25, -0.2) is 0 Å². The van der Waals surface area contributed by atoms with Crippen LogP contribution in [0.1, 0.15) is 17.1 Å². The Balaban J connectivity index is 1.81. The van der Waals surface area contributed by atoms with Crippen molar-refractivity contribution in [3.05, 3.63) is 58.5 Å². The minimum atomic E-state index is 0.460. The van der Waals surface area contributed by atoms with Crippen LogP contribution in [0, 0.1) is 0 Å². The molecule has 90 valence electrons. The van der Waals surface area contributed by atoms with E-state index in [9.17, 15) is 0 Å². The molecule has 1 aromatic carbocycles. The van der Waals surface area contributed by atoms with Crippen molar-refractivity contribution < 1.29 is 4.42 Å². The normalized spacial score (nSPS) is 10.7. The van der Waals surface area contributed by atoms with E-state index in [2.05, 4.69) is 0 Å². The zero-order chi connectivity index (χ0) is 12.1. The van der Waals surface area contributed by atoms with Gasteiger partial charge in [-0.2, -0.15) is 0 Å². The van der Waals surface area contributed by atoms with Gasteiger partial charge in [0, 0.05) is 10.8 Å². The maximum atomic E-state index is 5.83. The van der Waals surface area contributed by atoms with Crippen LogP contribution in [0.4, 0.5) is 0 Å². The molecule has 0 aliphatic heterocycles. The van der Waals surface area contributed by atoms with Crippen molar-refractivity contribution in [2.24, 2.45) is 5.73 Å². The van der Waals surface area contributed by atoms with Gasteiger partial charge in [-0.3, -0.25) is 0 Å². The van der Waals surface area contributed by atoms with E-state index in [-0.39, 0.29) is 0 Å². The first-order valence-electron chi connectivity index (χ1n) is 5.38. The number of furan rings is 1. The summed E-state index contributed by atoms with van der Waals surface area (Å²) in [6.45, 7) is 0.460. The standard InChI is InChI=1S/C13H14ClNOS/c14-11-3-1-10(2-4-11)8-17-9-13-6-5-12(7-15)16-13/h1-6H,7-9,15H2. The zero-order valence-electron chi connectivity index (χ0n) is 9.36. The maximum absolute atomic E-state index is 5.83. The lowest BCUT2D eigenvalue weighted by atomic mass is 10.2. The van der Waals surface area contributed by atoms with Gasteiger partial charge in [-0.05, 0) is 29.8 Å². The topological polar surface area (TPSA) is 39.2 Å². The van der Waals surface area contributed by atoms with Crippen molar-refractivity contribution >= 4 is 23.4 Å². The summed E-state index contributed by atoms with van der Waals surface area (Å²) in [6.07, 6.45) is 0. The van der Waals surface area contributed by atoms with E-state index in [0.717, 1.165) is 28.0 Å². The van der Waals surface area contributed by atoms with Crippen molar-refractivity contribution in [3.63, 3.8) is 0 Å². The van der Waals surface area contributed by atoms with Gasteiger partial charge in [0.1, 0.15) is 11.5 Å². The second-order valence-electron chi connectivity index (χ2n) is 3.69. The van der Waals surface area contributed by atoms with Crippen molar-refractivity contribution in [3.8, 4) is 0 Å². The van der Waals surface area contributed by atoms with Crippen molar-refractivity contribution in [1.82, 2.24) is 0 Å². The quantitative estimate of drug-likeness (QED) is 0.895. The van der Waals surface area contributed by atoms with E-state index in [1.165, 1.54) is 5.56 Å². The van der Waals surface area contributed by atoms with Gasteiger partial charge in [0.05, 0.1) is 12.3 Å². The molecule has 17 heavy (non-hydrogen) atoms. The Labute approximate surface area is 110 Å². The highest BCUT2D eigenvalue weighted by molar-refractivity contribution is 7.97. The molecule has 0 radical (unpaired) electrons. The summed E-state index contributed by atoms with van der Waals surface area (Å²) >= 11 is 7.64. The Morgan fingerprint density at radius 2 is 1.71 bits per heavy atom. The molecule has 0 saturated heterocycles. The third-order valence-electron chi connectivity index (χ3n) is 2.34. The average molecular weight is 268 g/mol. The van der Waals surface area contributed by atoms with Crippen LogP contribution in [0.25, 0.3) is 0 Å². The largest absolute Gasteiger partial charge is 0.464 e. The van der Waals surface area contributed by atoms with E-state index in [4.69, 9.17) is 21.8 Å². The highest BCUT2D eigenvalue weighted by Gasteiger charge is 2.01. The number of nitrogens with two attached hydrogens (primary N) is 1. The highest BCUT2D eigenvalue weighted by atomic mass is 35.5. The second kappa shape index (κ2) is 6.15. The highest BCUT2D eigenvalue weighted by Crippen LogP contribution is 2.20. The summed E-state index contributed by atoms with van der Waals surface area (Å²) < 4.78 is 5.52. The van der Waals surface area contributed by atoms with Gasteiger partial charge in [-0.1, -0.05) is 23.7 Å². The van der Waals surface area contributed by atoms with Crippen molar-refractivity contribution in [1.29, 1.82) is 0 Å². The number of thioether (sulfide) groups is 1. The Kier molecular flexibility index (Phi) is 4.54. The molecule has 0 aliphatic rings. The van der Waals surface area contributed by atoms with Crippen LogP contribution in [0.5, 0.6) is 0 Å². The molecule has 1 heterocycles. The monoisotopic (exact) mass is 267 g/mol. The fraction of sp³-hybridized carbons (Fsp3) is 0.231. The first kappa shape index (κ1) is 12.6. The molecule has 0 spiro atoms. The van der Waals surface area contributed by atoms with Crippen LogP contribution in [-0.2, 0) is 18.1 Å². The Bertz CT molecular complexity index is 467. The van der Waals surface area contributed by atoms with E-state index < -0.39 is 0 Å². The van der Waals surface area contributed by atoms with E-state index in [1.807, 2.05) is 48.2 Å². The molecule has 0 bridgehead atoms. The molecule has 0 unspecified atom stereocenters. The lowest BCUT2D eigenvalue weighted by Gasteiger charge is -2.00. The summed E-state index contributed by atoms with van der Waals surface area (Å²) in [7, 11) is 0. The summed E-state index contributed by atoms with van der Waals surface area (Å²) in [4.78, 5) is 0. The predicted octanol–water partition coefficient (Wildman–Crippen LogP) is 3.83. The van der Waals surface area contributed by atoms with Crippen molar-refractivity contribution in [2.45, 2.75) is 18.1 Å². The van der Waals surface area contributed by atoms with Gasteiger partial charge in [-0.15, -0.1) is 11.8 Å². The lowest BCUT2D eigenvalue weighted by molar-refractivity contribution is 0.482. The van der Waals surface area contributed by atoms with Gasteiger partial charge in [0.25, 0.3) is 0 Å². The first-order chi connectivity index (χ1) is 8.28. The van der Waals surface area contributed by atoms with Crippen LogP contribution in [0.15, 0.2) is 40.8 Å². The molecule has 0 aliphatic carbocycles. The third-order valence-corrected chi connectivity index (χ3v) is 3.62.